The number of nitrogens with two attached hydrogens (primary N) is 1. The van der Waals surface area contributed by atoms with Crippen LogP contribution in [0.5, 0.6) is 0 Å². The molecule has 46 valence electrons. The van der Waals surface area contributed by atoms with Gasteiger partial charge >= 0.3 is 0 Å². The Morgan fingerprint density at radius 3 is 2.88 bits per heavy atom. The molecule has 1 atom stereocenters. The third-order valence-corrected chi connectivity index (χ3v) is 1.43. The average molecular weight is 112 g/mol. The summed E-state index contributed by atoms with van der Waals surface area (Å²) in [6, 6.07) is 0.348. The van der Waals surface area contributed by atoms with Crippen LogP contribution in [0.2, 0.25) is 0 Å². The Kier molecular flexibility index (Phi) is 1.53. The molecule has 8 heavy (non-hydrogen) atoms. The SMILES string of the molecule is C=C1CCC(N)CN1. The average Bonchev–Trinajstić information content (AvgIpc) is 1.77. The smallest absolute Gasteiger partial charge is 0.0295 e. The first-order chi connectivity index (χ1) is 3.79. The monoisotopic (exact) mass is 112 g/mol. The number of rotatable bonds is 0. The van der Waals surface area contributed by atoms with Crippen molar-refractivity contribution >= 4 is 0 Å². The molecule has 0 amide bonds. The molecule has 1 fully saturated rings. The van der Waals surface area contributed by atoms with Gasteiger partial charge in [0.2, 0.25) is 0 Å². The largest absolute Gasteiger partial charge is 0.387 e. The molecule has 2 heteroatoms. The van der Waals surface area contributed by atoms with Gasteiger partial charge in [-0.05, 0) is 12.8 Å². The molecule has 1 unspecified atom stereocenters. The van der Waals surface area contributed by atoms with Crippen molar-refractivity contribution in [2.24, 2.45) is 5.73 Å². The van der Waals surface area contributed by atoms with Crippen LogP contribution < -0.4 is 11.1 Å². The summed E-state index contributed by atoms with van der Waals surface area (Å²) in [5.74, 6) is 0. The normalized spacial score (nSPS) is 29.6. The molecule has 0 aliphatic carbocycles. The molecule has 0 bridgehead atoms. The summed E-state index contributed by atoms with van der Waals surface area (Å²) in [6.45, 7) is 4.68. The highest BCUT2D eigenvalue weighted by atomic mass is 14.9. The van der Waals surface area contributed by atoms with E-state index in [1.54, 1.807) is 0 Å². The van der Waals surface area contributed by atoms with Crippen LogP contribution >= 0.6 is 0 Å². The van der Waals surface area contributed by atoms with E-state index in [1.165, 1.54) is 0 Å². The summed E-state index contributed by atoms with van der Waals surface area (Å²) in [6.07, 6.45) is 2.13. The van der Waals surface area contributed by atoms with Gasteiger partial charge in [-0.3, -0.25) is 0 Å². The summed E-state index contributed by atoms with van der Waals surface area (Å²) in [5, 5.41) is 3.11. The second kappa shape index (κ2) is 2.18. The van der Waals surface area contributed by atoms with Crippen molar-refractivity contribution in [2.45, 2.75) is 18.9 Å². The van der Waals surface area contributed by atoms with Crippen molar-refractivity contribution in [3.8, 4) is 0 Å². The van der Waals surface area contributed by atoms with Gasteiger partial charge in [0.05, 0.1) is 0 Å². The molecule has 1 aliphatic heterocycles. The minimum absolute atomic E-state index is 0.348. The zero-order valence-electron chi connectivity index (χ0n) is 4.98. The number of allylic oxidation sites excluding steroid dienone is 1. The van der Waals surface area contributed by atoms with Crippen LogP contribution in [0.1, 0.15) is 12.8 Å². The highest BCUT2D eigenvalue weighted by Crippen LogP contribution is 2.06. The van der Waals surface area contributed by atoms with E-state index >= 15 is 0 Å². The molecule has 0 aromatic heterocycles. The van der Waals surface area contributed by atoms with E-state index in [0.717, 1.165) is 25.1 Å². The first kappa shape index (κ1) is 5.63. The van der Waals surface area contributed by atoms with Crippen LogP contribution in [-0.2, 0) is 0 Å². The molecule has 0 spiro atoms. The predicted molar refractivity (Wildman–Crippen MR) is 34.4 cm³/mol. The molecule has 3 N–H and O–H groups in total. The maximum absolute atomic E-state index is 5.59. The molecule has 1 rings (SSSR count). The van der Waals surface area contributed by atoms with E-state index in [-0.39, 0.29) is 0 Å². The first-order valence-electron chi connectivity index (χ1n) is 2.96. The van der Waals surface area contributed by atoms with E-state index in [9.17, 15) is 0 Å². The predicted octanol–water partition coefficient (Wildman–Crippen LogP) is 0.211. The van der Waals surface area contributed by atoms with Crippen molar-refractivity contribution in [3.05, 3.63) is 12.3 Å². The fraction of sp³-hybridized carbons (Fsp3) is 0.667. The minimum atomic E-state index is 0.348. The number of piperidine rings is 1. The minimum Gasteiger partial charge on any atom is -0.387 e. The Bertz CT molecular complexity index is 88.7. The van der Waals surface area contributed by atoms with Crippen LogP contribution in [0.3, 0.4) is 0 Å². The van der Waals surface area contributed by atoms with Gasteiger partial charge in [0, 0.05) is 18.3 Å². The zero-order valence-corrected chi connectivity index (χ0v) is 4.98. The van der Waals surface area contributed by atoms with E-state index < -0.39 is 0 Å². The molecule has 1 aliphatic rings. The maximum Gasteiger partial charge on any atom is 0.0295 e. The molecule has 1 heterocycles. The highest BCUT2D eigenvalue weighted by molar-refractivity contribution is 4.96. The van der Waals surface area contributed by atoms with Crippen molar-refractivity contribution in [2.75, 3.05) is 6.54 Å². The van der Waals surface area contributed by atoms with E-state index in [4.69, 9.17) is 5.73 Å². The zero-order chi connectivity index (χ0) is 5.98. The maximum atomic E-state index is 5.59. The van der Waals surface area contributed by atoms with Gasteiger partial charge in [-0.25, -0.2) is 0 Å². The van der Waals surface area contributed by atoms with Crippen molar-refractivity contribution in [3.63, 3.8) is 0 Å². The molecule has 0 radical (unpaired) electrons. The first-order valence-corrected chi connectivity index (χ1v) is 2.96. The lowest BCUT2D eigenvalue weighted by atomic mass is 10.1. The lowest BCUT2D eigenvalue weighted by molar-refractivity contribution is 0.512. The molecular weight excluding hydrogens is 100 g/mol. The molecule has 0 saturated carbocycles. The van der Waals surface area contributed by atoms with E-state index in [2.05, 4.69) is 11.9 Å². The standard InChI is InChI=1S/C6H12N2/c1-5-2-3-6(7)4-8-5/h6,8H,1-4,7H2. The fourth-order valence-electron chi connectivity index (χ4n) is 0.826. The van der Waals surface area contributed by atoms with Gasteiger partial charge in [-0.1, -0.05) is 6.58 Å². The lowest BCUT2D eigenvalue weighted by Crippen LogP contribution is -2.37. The quantitative estimate of drug-likeness (QED) is 0.470. The van der Waals surface area contributed by atoms with Crippen LogP contribution in [0, 0.1) is 0 Å². The Hall–Kier alpha value is -0.500. The summed E-state index contributed by atoms with van der Waals surface area (Å²) in [5.41, 5.74) is 6.72. The van der Waals surface area contributed by atoms with Crippen molar-refractivity contribution in [1.82, 2.24) is 5.32 Å². The Morgan fingerprint density at radius 1 is 1.75 bits per heavy atom. The second-order valence-electron chi connectivity index (χ2n) is 2.28. The van der Waals surface area contributed by atoms with E-state index in [0.29, 0.717) is 6.04 Å². The number of hydrogen-bond donors (Lipinski definition) is 2. The molecule has 0 aromatic carbocycles. The van der Waals surface area contributed by atoms with Gasteiger partial charge < -0.3 is 11.1 Å². The van der Waals surface area contributed by atoms with Gasteiger partial charge in [-0.15, -0.1) is 0 Å². The molecule has 2 nitrogen and oxygen atoms in total. The lowest BCUT2D eigenvalue weighted by Gasteiger charge is -2.21. The second-order valence-corrected chi connectivity index (χ2v) is 2.28. The summed E-state index contributed by atoms with van der Waals surface area (Å²) >= 11 is 0. The van der Waals surface area contributed by atoms with Crippen LogP contribution in [-0.4, -0.2) is 12.6 Å². The highest BCUT2D eigenvalue weighted by Gasteiger charge is 2.08. The summed E-state index contributed by atoms with van der Waals surface area (Å²) in [4.78, 5) is 0. The topological polar surface area (TPSA) is 38.0 Å². The third-order valence-electron chi connectivity index (χ3n) is 1.43. The van der Waals surface area contributed by atoms with Crippen molar-refractivity contribution < 1.29 is 0 Å². The van der Waals surface area contributed by atoms with Crippen LogP contribution in [0.15, 0.2) is 12.3 Å². The number of nitrogens with one attached hydrogen (secondary N) is 1. The third kappa shape index (κ3) is 1.23. The fourth-order valence-corrected chi connectivity index (χ4v) is 0.826. The molecule has 1 saturated heterocycles. The Labute approximate surface area is 49.8 Å². The van der Waals surface area contributed by atoms with Crippen LogP contribution in [0.25, 0.3) is 0 Å². The Morgan fingerprint density at radius 2 is 2.50 bits per heavy atom. The van der Waals surface area contributed by atoms with E-state index in [1.807, 2.05) is 0 Å². The van der Waals surface area contributed by atoms with Gasteiger partial charge in [0.25, 0.3) is 0 Å². The molecule has 0 aromatic rings. The van der Waals surface area contributed by atoms with Gasteiger partial charge in [0.15, 0.2) is 0 Å². The summed E-state index contributed by atoms with van der Waals surface area (Å²) in [7, 11) is 0. The Balaban J connectivity index is 2.29. The van der Waals surface area contributed by atoms with Crippen LogP contribution in [0.4, 0.5) is 0 Å². The van der Waals surface area contributed by atoms with Gasteiger partial charge in [0.1, 0.15) is 0 Å². The van der Waals surface area contributed by atoms with Crippen molar-refractivity contribution in [1.29, 1.82) is 0 Å². The van der Waals surface area contributed by atoms with Gasteiger partial charge in [-0.2, -0.15) is 0 Å². The summed E-state index contributed by atoms with van der Waals surface area (Å²) < 4.78 is 0. The number of hydrogen-bond acceptors (Lipinski definition) is 2. The molecular formula is C6H12N2.